The molecule has 3 N–H and O–H groups in total. The second-order valence-electron chi connectivity index (χ2n) is 13.4. The lowest BCUT2D eigenvalue weighted by Crippen LogP contribution is -2.45. The molecule has 2 heterocycles. The van der Waals surface area contributed by atoms with Crippen molar-refractivity contribution < 1.29 is 0 Å². The number of rotatable bonds is 10. The van der Waals surface area contributed by atoms with Crippen LogP contribution in [0.1, 0.15) is 71.9 Å². The third kappa shape index (κ3) is 5.41. The SMILES string of the molecule is C=C(NCCC/C=C\N)c1ccc(/C=C/c2ccc3c(c2)C2(CCCC2)c2cc(-c4ccc(C5=NC6C=CC=CN56)cc4)ccc2-3)cc1. The zero-order chi connectivity index (χ0) is 32.5. The highest BCUT2D eigenvalue weighted by Crippen LogP contribution is 2.57. The first-order chi connectivity index (χ1) is 23.6. The number of hydrogen-bond acceptors (Lipinski definition) is 4. The van der Waals surface area contributed by atoms with Crippen molar-refractivity contribution in [2.24, 2.45) is 10.7 Å². The Morgan fingerprint density at radius 2 is 1.52 bits per heavy atom. The molecule has 4 aliphatic rings. The molecule has 2 aliphatic carbocycles. The lowest BCUT2D eigenvalue weighted by Gasteiger charge is -2.37. The number of nitrogens with two attached hydrogens (primary N) is 1. The Labute approximate surface area is 284 Å². The van der Waals surface area contributed by atoms with Crippen LogP contribution >= 0.6 is 0 Å². The minimum atomic E-state index is 0.101. The van der Waals surface area contributed by atoms with Crippen LogP contribution in [0.5, 0.6) is 0 Å². The molecule has 1 saturated carbocycles. The molecule has 4 nitrogen and oxygen atoms in total. The van der Waals surface area contributed by atoms with Gasteiger partial charge >= 0.3 is 0 Å². The first-order valence-electron chi connectivity index (χ1n) is 17.3. The first kappa shape index (κ1) is 30.0. The van der Waals surface area contributed by atoms with Crippen LogP contribution in [0.3, 0.4) is 0 Å². The average molecular weight is 627 g/mol. The fourth-order valence-electron chi connectivity index (χ4n) is 7.92. The number of hydrogen-bond donors (Lipinski definition) is 2. The van der Waals surface area contributed by atoms with Gasteiger partial charge < -0.3 is 16.0 Å². The molecule has 4 aromatic carbocycles. The molecular formula is C44H42N4. The van der Waals surface area contributed by atoms with E-state index in [1.807, 2.05) is 6.08 Å². The van der Waals surface area contributed by atoms with Crippen LogP contribution in [0, 0.1) is 0 Å². The van der Waals surface area contributed by atoms with E-state index in [1.165, 1.54) is 70.2 Å². The van der Waals surface area contributed by atoms with Gasteiger partial charge in [-0.15, -0.1) is 0 Å². The van der Waals surface area contributed by atoms with Gasteiger partial charge in [0.2, 0.25) is 0 Å². The van der Waals surface area contributed by atoms with Crippen LogP contribution in [-0.4, -0.2) is 23.4 Å². The molecule has 0 bridgehead atoms. The maximum Gasteiger partial charge on any atom is 0.147 e. The van der Waals surface area contributed by atoms with E-state index in [1.54, 1.807) is 6.20 Å². The van der Waals surface area contributed by atoms with Gasteiger partial charge in [0.05, 0.1) is 0 Å². The highest BCUT2D eigenvalue weighted by Gasteiger charge is 2.45. The van der Waals surface area contributed by atoms with E-state index < -0.39 is 0 Å². The van der Waals surface area contributed by atoms with Gasteiger partial charge in [-0.3, -0.25) is 0 Å². The third-order valence-corrected chi connectivity index (χ3v) is 10.5. The summed E-state index contributed by atoms with van der Waals surface area (Å²) in [6.07, 6.45) is 23.6. The summed E-state index contributed by atoms with van der Waals surface area (Å²) in [5, 5.41) is 3.43. The predicted molar refractivity (Wildman–Crippen MR) is 202 cm³/mol. The Kier molecular flexibility index (Phi) is 7.93. The maximum absolute atomic E-state index is 5.43. The van der Waals surface area contributed by atoms with Crippen molar-refractivity contribution in [3.05, 3.63) is 162 Å². The van der Waals surface area contributed by atoms with Crippen molar-refractivity contribution in [2.45, 2.75) is 50.1 Å². The number of aliphatic imine (C=N–C) groups is 1. The van der Waals surface area contributed by atoms with Crippen LogP contribution in [0.4, 0.5) is 0 Å². The largest absolute Gasteiger partial charge is 0.405 e. The summed E-state index contributed by atoms with van der Waals surface area (Å²) < 4.78 is 0. The van der Waals surface area contributed by atoms with E-state index in [9.17, 15) is 0 Å². The second-order valence-corrected chi connectivity index (χ2v) is 13.4. The number of benzene rings is 4. The molecule has 1 spiro atoms. The van der Waals surface area contributed by atoms with Gasteiger partial charge in [-0.25, -0.2) is 4.99 Å². The summed E-state index contributed by atoms with van der Waals surface area (Å²) in [5.41, 5.74) is 19.6. The molecule has 8 rings (SSSR count). The molecular weight excluding hydrogens is 585 g/mol. The molecule has 2 aliphatic heterocycles. The lowest BCUT2D eigenvalue weighted by atomic mass is 9.76. The topological polar surface area (TPSA) is 53.6 Å². The van der Waals surface area contributed by atoms with Crippen molar-refractivity contribution in [3.63, 3.8) is 0 Å². The second kappa shape index (κ2) is 12.7. The Morgan fingerprint density at radius 1 is 0.833 bits per heavy atom. The third-order valence-electron chi connectivity index (χ3n) is 10.5. The van der Waals surface area contributed by atoms with Gasteiger partial charge in [-0.2, -0.15) is 0 Å². The monoisotopic (exact) mass is 626 g/mol. The number of nitrogens with one attached hydrogen (secondary N) is 1. The highest BCUT2D eigenvalue weighted by atomic mass is 15.4. The molecule has 4 heteroatoms. The molecule has 48 heavy (non-hydrogen) atoms. The quantitative estimate of drug-likeness (QED) is 0.136. The molecule has 0 amide bonds. The molecule has 1 atom stereocenters. The van der Waals surface area contributed by atoms with Crippen LogP contribution in [0.15, 0.2) is 133 Å². The summed E-state index contributed by atoms with van der Waals surface area (Å²) in [5.74, 6) is 1.05. The minimum absolute atomic E-state index is 0.101. The van der Waals surface area contributed by atoms with Gasteiger partial charge in [-0.1, -0.05) is 123 Å². The summed E-state index contributed by atoms with van der Waals surface area (Å²) in [4.78, 5) is 7.02. The summed E-state index contributed by atoms with van der Waals surface area (Å²) >= 11 is 0. The highest BCUT2D eigenvalue weighted by molar-refractivity contribution is 6.03. The molecule has 238 valence electrons. The smallest absolute Gasteiger partial charge is 0.147 e. The lowest BCUT2D eigenvalue weighted by molar-refractivity contribution is 0.415. The molecule has 0 radical (unpaired) electrons. The fraction of sp³-hybridized carbons (Fsp3) is 0.205. The van der Waals surface area contributed by atoms with E-state index in [2.05, 4.69) is 138 Å². The zero-order valence-corrected chi connectivity index (χ0v) is 27.4. The molecule has 0 saturated heterocycles. The van der Waals surface area contributed by atoms with E-state index >= 15 is 0 Å². The summed E-state index contributed by atoms with van der Waals surface area (Å²) in [6, 6.07) is 31.8. The average Bonchev–Trinajstić information content (AvgIpc) is 3.72. The van der Waals surface area contributed by atoms with Gasteiger partial charge in [0.1, 0.15) is 12.0 Å². The van der Waals surface area contributed by atoms with E-state index in [0.717, 1.165) is 42.0 Å². The summed E-state index contributed by atoms with van der Waals surface area (Å²) in [7, 11) is 0. The molecule has 0 aromatic heterocycles. The van der Waals surface area contributed by atoms with Crippen molar-refractivity contribution in [2.75, 3.05) is 6.54 Å². The Balaban J connectivity index is 1.00. The predicted octanol–water partition coefficient (Wildman–Crippen LogP) is 9.65. The Hall–Kier alpha value is -5.35. The molecule has 1 fully saturated rings. The summed E-state index contributed by atoms with van der Waals surface area (Å²) in [6.45, 7) is 5.10. The van der Waals surface area contributed by atoms with Gasteiger partial charge in [-0.05, 0) is 100 Å². The fourth-order valence-corrected chi connectivity index (χ4v) is 7.92. The molecule has 1 unspecified atom stereocenters. The van der Waals surface area contributed by atoms with Crippen molar-refractivity contribution in [3.8, 4) is 22.3 Å². The van der Waals surface area contributed by atoms with Crippen LogP contribution in [0.25, 0.3) is 40.1 Å². The van der Waals surface area contributed by atoms with Crippen molar-refractivity contribution >= 4 is 23.7 Å². The van der Waals surface area contributed by atoms with Gasteiger partial charge in [0.15, 0.2) is 0 Å². The van der Waals surface area contributed by atoms with Crippen LogP contribution < -0.4 is 11.1 Å². The van der Waals surface area contributed by atoms with Crippen molar-refractivity contribution in [1.82, 2.24) is 10.2 Å². The van der Waals surface area contributed by atoms with E-state index in [4.69, 9.17) is 10.7 Å². The number of fused-ring (bicyclic) bond motifs is 6. The molecule has 4 aromatic rings. The normalized spacial score (nSPS) is 18.2. The van der Waals surface area contributed by atoms with Crippen LogP contribution in [-0.2, 0) is 5.41 Å². The number of unbranched alkanes of at least 4 members (excludes halogenated alkanes) is 1. The Morgan fingerprint density at radius 3 is 2.29 bits per heavy atom. The van der Waals surface area contributed by atoms with Gasteiger partial charge in [0.25, 0.3) is 0 Å². The Bertz CT molecular complexity index is 2000. The van der Waals surface area contributed by atoms with E-state index in [-0.39, 0.29) is 11.6 Å². The van der Waals surface area contributed by atoms with Crippen LogP contribution in [0.2, 0.25) is 0 Å². The standard InChI is InChI=1S/C44H42N4/c1-31(46-27-7-2-6-26-45)34-15-12-32(13-16-34)10-11-33-14-22-38-39-23-21-37(30-41(39)44(40(38)29-33)24-4-5-25-44)35-17-19-36(20-18-35)43-47-42-9-3-8-28-48(42)43/h3,6,8-23,26,28-30,42,46H,1-2,4-5,7,24-25,27,45H2/b11-10+,26-6-. The number of amidine groups is 1. The maximum atomic E-state index is 5.43. The number of allylic oxidation sites excluding steroid dienone is 3. The van der Waals surface area contributed by atoms with E-state index in [0.29, 0.717) is 0 Å². The van der Waals surface area contributed by atoms with Gasteiger partial charge in [0, 0.05) is 29.4 Å². The number of nitrogens with zero attached hydrogens (tertiary/aromatic N) is 2. The minimum Gasteiger partial charge on any atom is -0.405 e. The first-order valence-corrected chi connectivity index (χ1v) is 17.3. The zero-order valence-electron chi connectivity index (χ0n) is 27.4. The van der Waals surface area contributed by atoms with Crippen molar-refractivity contribution in [1.29, 1.82) is 0 Å².